The first-order valence-electron chi connectivity index (χ1n) is 6.78. The number of amides is 1. The first kappa shape index (κ1) is 15.4. The zero-order chi connectivity index (χ0) is 15.2. The van der Waals surface area contributed by atoms with Crippen LogP contribution in [0, 0.1) is 0 Å². The number of halogens is 1. The molecule has 2 aromatic carbocycles. The Labute approximate surface area is 130 Å². The van der Waals surface area contributed by atoms with E-state index < -0.39 is 6.10 Å². The molecule has 1 atom stereocenters. The first-order valence-corrected chi connectivity index (χ1v) is 7.16. The van der Waals surface area contributed by atoms with Crippen LogP contribution in [-0.2, 0) is 11.3 Å². The van der Waals surface area contributed by atoms with Crippen molar-refractivity contribution in [3.05, 3.63) is 65.2 Å². The molecule has 0 unspecified atom stereocenters. The highest BCUT2D eigenvalue weighted by Crippen LogP contribution is 2.24. The van der Waals surface area contributed by atoms with Gasteiger partial charge in [-0.05, 0) is 24.6 Å². The van der Waals surface area contributed by atoms with Crippen molar-refractivity contribution in [3.63, 3.8) is 0 Å². The molecule has 0 N–H and O–H groups in total. The highest BCUT2D eigenvalue weighted by molar-refractivity contribution is 6.32. The Bertz CT molecular complexity index is 601. The number of likely N-dealkylation sites (N-methyl/N-ethyl adjacent to an activating group) is 1. The van der Waals surface area contributed by atoms with Crippen molar-refractivity contribution in [2.24, 2.45) is 0 Å². The Balaban J connectivity index is 1.97. The summed E-state index contributed by atoms with van der Waals surface area (Å²) in [6.07, 6.45) is -0.585. The minimum absolute atomic E-state index is 0.0845. The van der Waals surface area contributed by atoms with Gasteiger partial charge in [-0.1, -0.05) is 54.1 Å². The molecule has 2 rings (SSSR count). The summed E-state index contributed by atoms with van der Waals surface area (Å²) in [6, 6.07) is 17.0. The Kier molecular flexibility index (Phi) is 5.23. The molecule has 4 heteroatoms. The number of rotatable bonds is 5. The van der Waals surface area contributed by atoms with Gasteiger partial charge in [0.25, 0.3) is 5.91 Å². The fourth-order valence-electron chi connectivity index (χ4n) is 2.03. The monoisotopic (exact) mass is 303 g/mol. The molecule has 2 aromatic rings. The second kappa shape index (κ2) is 7.14. The zero-order valence-corrected chi connectivity index (χ0v) is 12.9. The number of nitrogens with zero attached hydrogens (tertiary/aromatic N) is 1. The molecule has 0 aliphatic rings. The molecular formula is C17H18ClNO2. The molecule has 0 aliphatic heterocycles. The summed E-state index contributed by atoms with van der Waals surface area (Å²) in [6.45, 7) is 2.28. The number of carbonyl (C=O) groups is 1. The lowest BCUT2D eigenvalue weighted by atomic mass is 10.2. The van der Waals surface area contributed by atoms with Gasteiger partial charge in [0.15, 0.2) is 6.10 Å². The van der Waals surface area contributed by atoms with E-state index in [1.807, 2.05) is 42.5 Å². The lowest BCUT2D eigenvalue weighted by Gasteiger charge is -2.22. The molecule has 0 aliphatic carbocycles. The molecule has 0 radical (unpaired) electrons. The molecule has 0 saturated carbocycles. The smallest absolute Gasteiger partial charge is 0.263 e. The summed E-state index contributed by atoms with van der Waals surface area (Å²) in [5.74, 6) is 0.437. The van der Waals surface area contributed by atoms with E-state index in [1.165, 1.54) is 0 Å². The number of carbonyl (C=O) groups excluding carboxylic acids is 1. The molecule has 3 nitrogen and oxygen atoms in total. The summed E-state index contributed by atoms with van der Waals surface area (Å²) in [7, 11) is 1.77. The largest absolute Gasteiger partial charge is 0.479 e. The van der Waals surface area contributed by atoms with E-state index in [0.717, 1.165) is 5.56 Å². The molecule has 0 saturated heterocycles. The van der Waals surface area contributed by atoms with Gasteiger partial charge in [-0.15, -0.1) is 0 Å². The van der Waals surface area contributed by atoms with Crippen molar-refractivity contribution in [1.82, 2.24) is 4.90 Å². The predicted molar refractivity (Wildman–Crippen MR) is 84.5 cm³/mol. The summed E-state index contributed by atoms with van der Waals surface area (Å²) in [5.41, 5.74) is 1.08. The molecule has 21 heavy (non-hydrogen) atoms. The Morgan fingerprint density at radius 2 is 1.76 bits per heavy atom. The van der Waals surface area contributed by atoms with Gasteiger partial charge in [-0.3, -0.25) is 4.79 Å². The zero-order valence-electron chi connectivity index (χ0n) is 12.1. The van der Waals surface area contributed by atoms with Crippen LogP contribution in [-0.4, -0.2) is 24.0 Å². The number of hydrogen-bond acceptors (Lipinski definition) is 2. The van der Waals surface area contributed by atoms with Gasteiger partial charge >= 0.3 is 0 Å². The lowest BCUT2D eigenvalue weighted by molar-refractivity contribution is -0.137. The SMILES string of the molecule is C[C@H](Oc1ccccc1Cl)C(=O)N(C)Cc1ccccc1. The van der Waals surface area contributed by atoms with Crippen LogP contribution in [0.4, 0.5) is 0 Å². The minimum atomic E-state index is -0.585. The predicted octanol–water partition coefficient (Wildman–Crippen LogP) is 3.77. The fourth-order valence-corrected chi connectivity index (χ4v) is 2.21. The maximum absolute atomic E-state index is 12.3. The number of hydrogen-bond donors (Lipinski definition) is 0. The summed E-state index contributed by atoms with van der Waals surface area (Å²) < 4.78 is 5.64. The van der Waals surface area contributed by atoms with Crippen LogP contribution in [0.25, 0.3) is 0 Å². The molecule has 0 aromatic heterocycles. The Morgan fingerprint density at radius 1 is 1.14 bits per heavy atom. The second-order valence-corrected chi connectivity index (χ2v) is 5.28. The average molecular weight is 304 g/mol. The van der Waals surface area contributed by atoms with E-state index >= 15 is 0 Å². The van der Waals surface area contributed by atoms with Crippen molar-refractivity contribution < 1.29 is 9.53 Å². The van der Waals surface area contributed by atoms with Gasteiger partial charge < -0.3 is 9.64 Å². The highest BCUT2D eigenvalue weighted by Gasteiger charge is 2.20. The normalized spacial score (nSPS) is 11.8. The lowest BCUT2D eigenvalue weighted by Crippen LogP contribution is -2.37. The average Bonchev–Trinajstić information content (AvgIpc) is 2.49. The topological polar surface area (TPSA) is 29.5 Å². The quantitative estimate of drug-likeness (QED) is 0.841. The number of benzene rings is 2. The number of para-hydroxylation sites is 1. The van der Waals surface area contributed by atoms with Crippen LogP contribution in [0.5, 0.6) is 5.75 Å². The maximum Gasteiger partial charge on any atom is 0.263 e. The molecule has 0 spiro atoms. The molecule has 110 valence electrons. The van der Waals surface area contributed by atoms with Crippen molar-refractivity contribution in [2.45, 2.75) is 19.6 Å². The second-order valence-electron chi connectivity index (χ2n) is 4.87. The van der Waals surface area contributed by atoms with Crippen molar-refractivity contribution >= 4 is 17.5 Å². The molecule has 0 fully saturated rings. The van der Waals surface area contributed by atoms with E-state index in [2.05, 4.69) is 0 Å². The van der Waals surface area contributed by atoms with E-state index in [4.69, 9.17) is 16.3 Å². The van der Waals surface area contributed by atoms with Gasteiger partial charge in [0.1, 0.15) is 5.75 Å². The van der Waals surface area contributed by atoms with Gasteiger partial charge in [0.05, 0.1) is 5.02 Å². The van der Waals surface area contributed by atoms with E-state index in [-0.39, 0.29) is 5.91 Å². The van der Waals surface area contributed by atoms with E-state index in [1.54, 1.807) is 31.0 Å². The summed E-state index contributed by atoms with van der Waals surface area (Å²) in [4.78, 5) is 14.0. The number of ether oxygens (including phenoxy) is 1. The van der Waals surface area contributed by atoms with Crippen LogP contribution in [0.15, 0.2) is 54.6 Å². The van der Waals surface area contributed by atoms with Gasteiger partial charge in [0, 0.05) is 13.6 Å². The third-order valence-corrected chi connectivity index (χ3v) is 3.44. The molecule has 0 bridgehead atoms. The van der Waals surface area contributed by atoms with Crippen molar-refractivity contribution in [1.29, 1.82) is 0 Å². The van der Waals surface area contributed by atoms with Gasteiger partial charge in [0.2, 0.25) is 0 Å². The maximum atomic E-state index is 12.3. The third kappa shape index (κ3) is 4.23. The van der Waals surface area contributed by atoms with Crippen LogP contribution >= 0.6 is 11.6 Å². The standard InChI is InChI=1S/C17H18ClNO2/c1-13(21-16-11-7-6-10-15(16)18)17(20)19(2)12-14-8-4-3-5-9-14/h3-11,13H,12H2,1-2H3/t13-/m0/s1. The molecule has 1 amide bonds. The van der Waals surface area contributed by atoms with E-state index in [0.29, 0.717) is 17.3 Å². The highest BCUT2D eigenvalue weighted by atomic mass is 35.5. The summed E-state index contributed by atoms with van der Waals surface area (Å²) in [5, 5.41) is 0.503. The van der Waals surface area contributed by atoms with Crippen molar-refractivity contribution in [3.8, 4) is 5.75 Å². The first-order chi connectivity index (χ1) is 10.1. The van der Waals surface area contributed by atoms with Crippen LogP contribution in [0.3, 0.4) is 0 Å². The third-order valence-electron chi connectivity index (χ3n) is 3.13. The molecule has 0 heterocycles. The van der Waals surface area contributed by atoms with Gasteiger partial charge in [-0.2, -0.15) is 0 Å². The summed E-state index contributed by atoms with van der Waals surface area (Å²) >= 11 is 6.03. The van der Waals surface area contributed by atoms with Gasteiger partial charge in [-0.25, -0.2) is 0 Å². The van der Waals surface area contributed by atoms with Crippen molar-refractivity contribution in [2.75, 3.05) is 7.05 Å². The van der Waals surface area contributed by atoms with Crippen LogP contribution in [0.1, 0.15) is 12.5 Å². The Morgan fingerprint density at radius 3 is 2.43 bits per heavy atom. The fraction of sp³-hybridized carbons (Fsp3) is 0.235. The molecular weight excluding hydrogens is 286 g/mol. The van der Waals surface area contributed by atoms with Crippen LogP contribution < -0.4 is 4.74 Å². The minimum Gasteiger partial charge on any atom is -0.479 e. The van der Waals surface area contributed by atoms with Crippen LogP contribution in [0.2, 0.25) is 5.02 Å². The van der Waals surface area contributed by atoms with E-state index in [9.17, 15) is 4.79 Å². The Hall–Kier alpha value is -2.00.